The van der Waals surface area contributed by atoms with Crippen molar-refractivity contribution in [2.75, 3.05) is 27.3 Å². The van der Waals surface area contributed by atoms with Gasteiger partial charge >= 0.3 is 7.75 Å². The maximum absolute atomic E-state index is 12.4. The molecule has 8 heteroatoms. The van der Waals surface area contributed by atoms with Crippen LogP contribution in [0.5, 0.6) is 17.2 Å². The minimum Gasteiger partial charge on any atom is -0.493 e. The lowest BCUT2D eigenvalue weighted by atomic mass is 9.97. The Hall–Kier alpha value is -1.27. The summed E-state index contributed by atoms with van der Waals surface area (Å²) < 4.78 is 28.3. The monoisotopic (exact) mass is 400 g/mol. The fourth-order valence-electron chi connectivity index (χ4n) is 3.39. The molecule has 27 heavy (non-hydrogen) atoms. The summed E-state index contributed by atoms with van der Waals surface area (Å²) >= 11 is 0. The van der Waals surface area contributed by atoms with Gasteiger partial charge in [0.1, 0.15) is 0 Å². The molecular formula is C19H33N2O5P. The fraction of sp³-hybridized carbons (Fsp3) is 0.684. The van der Waals surface area contributed by atoms with Gasteiger partial charge in [-0.3, -0.25) is 0 Å². The molecule has 0 spiro atoms. The highest BCUT2D eigenvalue weighted by molar-refractivity contribution is 7.51. The van der Waals surface area contributed by atoms with Crippen LogP contribution in [0.3, 0.4) is 0 Å². The van der Waals surface area contributed by atoms with Crippen LogP contribution in [0.25, 0.3) is 0 Å². The van der Waals surface area contributed by atoms with E-state index in [0.717, 1.165) is 5.56 Å². The van der Waals surface area contributed by atoms with Crippen molar-refractivity contribution in [2.24, 2.45) is 0 Å². The zero-order valence-corrected chi connectivity index (χ0v) is 17.5. The molecule has 2 rings (SSSR count). The summed E-state index contributed by atoms with van der Waals surface area (Å²) in [5, 5.41) is 6.09. The van der Waals surface area contributed by atoms with E-state index < -0.39 is 7.75 Å². The second-order valence-corrected chi connectivity index (χ2v) is 8.55. The van der Waals surface area contributed by atoms with Crippen molar-refractivity contribution in [2.45, 2.75) is 57.9 Å². The van der Waals surface area contributed by atoms with Crippen LogP contribution in [0.4, 0.5) is 0 Å². The van der Waals surface area contributed by atoms with E-state index in [0.29, 0.717) is 30.6 Å². The third-order valence-corrected chi connectivity index (χ3v) is 5.85. The van der Waals surface area contributed by atoms with E-state index in [1.807, 2.05) is 6.92 Å². The molecule has 7 nitrogen and oxygen atoms in total. The van der Waals surface area contributed by atoms with E-state index >= 15 is 0 Å². The minimum absolute atomic E-state index is 0.122. The molecule has 154 valence electrons. The Morgan fingerprint density at radius 2 is 1.59 bits per heavy atom. The fourth-order valence-corrected chi connectivity index (χ4v) is 4.28. The molecule has 1 atom stereocenters. The van der Waals surface area contributed by atoms with Gasteiger partial charge in [0.2, 0.25) is 5.75 Å². The SMILES string of the molecule is COc1cc(C)cc(OC)c1OP(=O)(O)NCCNC1CCCCCCC1. The number of aryl methyl sites for hydroxylation is 1. The summed E-state index contributed by atoms with van der Waals surface area (Å²) in [6, 6.07) is 3.95. The lowest BCUT2D eigenvalue weighted by Crippen LogP contribution is -2.35. The predicted molar refractivity (Wildman–Crippen MR) is 107 cm³/mol. The van der Waals surface area contributed by atoms with Crippen LogP contribution in [0, 0.1) is 6.92 Å². The van der Waals surface area contributed by atoms with Crippen molar-refractivity contribution >= 4 is 7.75 Å². The topological polar surface area (TPSA) is 89.1 Å². The van der Waals surface area contributed by atoms with Gasteiger partial charge in [-0.05, 0) is 37.5 Å². The van der Waals surface area contributed by atoms with Gasteiger partial charge in [0, 0.05) is 19.1 Å². The number of hydrogen-bond donors (Lipinski definition) is 3. The first-order valence-electron chi connectivity index (χ1n) is 9.68. The van der Waals surface area contributed by atoms with Crippen LogP contribution in [0.2, 0.25) is 0 Å². The van der Waals surface area contributed by atoms with Crippen LogP contribution in [-0.2, 0) is 4.57 Å². The highest BCUT2D eigenvalue weighted by atomic mass is 31.2. The smallest absolute Gasteiger partial charge is 0.456 e. The van der Waals surface area contributed by atoms with Gasteiger partial charge in [-0.25, -0.2) is 9.65 Å². The summed E-state index contributed by atoms with van der Waals surface area (Å²) in [4.78, 5) is 10.2. The minimum atomic E-state index is -4.05. The molecule has 1 unspecified atom stereocenters. The van der Waals surface area contributed by atoms with E-state index in [1.165, 1.54) is 59.2 Å². The number of nitrogens with one attached hydrogen (secondary N) is 2. The normalized spacial score (nSPS) is 18.2. The number of rotatable bonds is 9. The molecule has 1 aliphatic carbocycles. The van der Waals surface area contributed by atoms with E-state index in [1.54, 1.807) is 12.1 Å². The summed E-state index contributed by atoms with van der Waals surface area (Å²) in [5.74, 6) is 0.836. The molecule has 1 aliphatic rings. The molecule has 0 aliphatic heterocycles. The van der Waals surface area contributed by atoms with E-state index in [4.69, 9.17) is 14.0 Å². The summed E-state index contributed by atoms with van der Waals surface area (Å²) in [6.07, 6.45) is 8.79. The van der Waals surface area contributed by atoms with E-state index in [2.05, 4.69) is 10.4 Å². The van der Waals surface area contributed by atoms with E-state index in [9.17, 15) is 9.46 Å². The lowest BCUT2D eigenvalue weighted by Gasteiger charge is -2.22. The van der Waals surface area contributed by atoms with Crippen LogP contribution >= 0.6 is 7.75 Å². The van der Waals surface area contributed by atoms with Crippen LogP contribution in [0.1, 0.15) is 50.5 Å². The number of benzene rings is 1. The van der Waals surface area contributed by atoms with Crippen molar-refractivity contribution in [3.05, 3.63) is 17.7 Å². The van der Waals surface area contributed by atoms with Gasteiger partial charge in [-0.2, -0.15) is 0 Å². The zero-order chi connectivity index (χ0) is 19.7. The van der Waals surface area contributed by atoms with Gasteiger partial charge in [0.15, 0.2) is 11.5 Å². The molecule has 0 amide bonds. The third kappa shape index (κ3) is 7.34. The maximum atomic E-state index is 12.4. The van der Waals surface area contributed by atoms with Crippen LogP contribution in [0.15, 0.2) is 12.1 Å². The van der Waals surface area contributed by atoms with E-state index in [-0.39, 0.29) is 5.75 Å². The summed E-state index contributed by atoms with van der Waals surface area (Å²) in [6.45, 7) is 2.83. The number of hydrogen-bond acceptors (Lipinski definition) is 5. The lowest BCUT2D eigenvalue weighted by molar-refractivity contribution is 0.324. The number of ether oxygens (including phenoxy) is 2. The quantitative estimate of drug-likeness (QED) is 0.429. The Bertz CT molecular complexity index is 608. The van der Waals surface area contributed by atoms with Gasteiger partial charge in [0.05, 0.1) is 14.2 Å². The average Bonchev–Trinajstić information content (AvgIpc) is 2.60. The maximum Gasteiger partial charge on any atom is 0.456 e. The molecular weight excluding hydrogens is 367 g/mol. The standard InChI is InChI=1S/C19H33N2O5P/c1-15-13-17(24-2)19(18(14-15)25-3)26-27(22,23)21-12-11-20-16-9-7-5-4-6-8-10-16/h13-14,16,20H,4-12H2,1-3H3,(H2,21,22,23). The van der Waals surface area contributed by atoms with Crippen molar-refractivity contribution in [1.82, 2.24) is 10.4 Å². The summed E-state index contributed by atoms with van der Waals surface area (Å²) in [7, 11) is -1.08. The van der Waals surface area contributed by atoms with Gasteiger partial charge in [-0.1, -0.05) is 32.1 Å². The molecule has 1 fully saturated rings. The van der Waals surface area contributed by atoms with Crippen molar-refractivity contribution in [1.29, 1.82) is 0 Å². The Morgan fingerprint density at radius 1 is 1.04 bits per heavy atom. The first-order chi connectivity index (χ1) is 12.9. The van der Waals surface area contributed by atoms with Crippen molar-refractivity contribution in [3.8, 4) is 17.2 Å². The molecule has 1 aromatic carbocycles. The molecule has 0 radical (unpaired) electrons. The van der Waals surface area contributed by atoms with Gasteiger partial charge < -0.3 is 24.2 Å². The molecule has 0 bridgehead atoms. The molecule has 1 aromatic rings. The third-order valence-electron chi connectivity index (χ3n) is 4.79. The zero-order valence-electron chi connectivity index (χ0n) is 16.6. The van der Waals surface area contributed by atoms with Gasteiger partial charge in [0.25, 0.3) is 0 Å². The Morgan fingerprint density at radius 3 is 2.15 bits per heavy atom. The van der Waals surface area contributed by atoms with Crippen LogP contribution in [-0.4, -0.2) is 38.2 Å². The van der Waals surface area contributed by atoms with Gasteiger partial charge in [-0.15, -0.1) is 0 Å². The summed E-state index contributed by atoms with van der Waals surface area (Å²) in [5.41, 5.74) is 0.903. The highest BCUT2D eigenvalue weighted by Crippen LogP contribution is 2.47. The molecule has 0 saturated heterocycles. The first-order valence-corrected chi connectivity index (χ1v) is 11.3. The number of methoxy groups -OCH3 is 2. The molecule has 3 N–H and O–H groups in total. The van der Waals surface area contributed by atoms with Crippen LogP contribution < -0.4 is 24.4 Å². The second-order valence-electron chi connectivity index (χ2n) is 7.01. The molecule has 1 saturated carbocycles. The largest absolute Gasteiger partial charge is 0.493 e. The van der Waals surface area contributed by atoms with Crippen molar-refractivity contribution < 1.29 is 23.5 Å². The Labute approximate surface area is 162 Å². The molecule has 0 heterocycles. The van der Waals surface area contributed by atoms with Crippen molar-refractivity contribution in [3.63, 3.8) is 0 Å². The second kappa shape index (κ2) is 10.9. The Balaban J connectivity index is 1.87. The highest BCUT2D eigenvalue weighted by Gasteiger charge is 2.25. The predicted octanol–water partition coefficient (Wildman–Crippen LogP) is 3.78. The Kier molecular flexibility index (Phi) is 8.90. The first kappa shape index (κ1) is 22.0. The molecule has 0 aromatic heterocycles. The average molecular weight is 400 g/mol.